The molecule has 0 aliphatic rings. The second-order valence-corrected chi connectivity index (χ2v) is 6.73. The highest BCUT2D eigenvalue weighted by molar-refractivity contribution is 6.32. The average molecular weight is 373 g/mol. The molecule has 0 radical (unpaired) electrons. The Bertz CT molecular complexity index is 1210. The van der Waals surface area contributed by atoms with E-state index in [1.54, 1.807) is 10.6 Å². The predicted octanol–water partition coefficient (Wildman–Crippen LogP) is 5.52. The fraction of sp³-hybridized carbons (Fsp3) is 0.0435. The van der Waals surface area contributed by atoms with Gasteiger partial charge in [-0.05, 0) is 55.0 Å². The number of nitrogens with zero attached hydrogens (tertiary/aromatic N) is 2. The molecule has 0 aliphatic carbocycles. The van der Waals surface area contributed by atoms with Gasteiger partial charge in [-0.3, -0.25) is 9.36 Å². The Morgan fingerprint density at radius 2 is 1.59 bits per heavy atom. The summed E-state index contributed by atoms with van der Waals surface area (Å²) < 4.78 is 1.63. The Labute approximate surface area is 162 Å². The first-order valence-electron chi connectivity index (χ1n) is 8.65. The largest absolute Gasteiger partial charge is 0.268 e. The number of hydrogen-bond donors (Lipinski definition) is 0. The van der Waals surface area contributed by atoms with Crippen LogP contribution in [0, 0.1) is 6.92 Å². The summed E-state index contributed by atoms with van der Waals surface area (Å²) in [7, 11) is 0. The second-order valence-electron chi connectivity index (χ2n) is 6.32. The second kappa shape index (κ2) is 7.22. The van der Waals surface area contributed by atoms with Crippen LogP contribution in [0.2, 0.25) is 5.02 Å². The third-order valence-corrected chi connectivity index (χ3v) is 4.76. The van der Waals surface area contributed by atoms with Crippen molar-refractivity contribution in [3.8, 4) is 5.69 Å². The van der Waals surface area contributed by atoms with E-state index in [-0.39, 0.29) is 5.56 Å². The molecule has 0 saturated carbocycles. The van der Waals surface area contributed by atoms with Gasteiger partial charge in [0.2, 0.25) is 0 Å². The Kier molecular flexibility index (Phi) is 4.61. The topological polar surface area (TPSA) is 34.9 Å². The summed E-state index contributed by atoms with van der Waals surface area (Å²) in [6.45, 7) is 2.02. The molecule has 0 unspecified atom stereocenters. The van der Waals surface area contributed by atoms with E-state index in [4.69, 9.17) is 16.6 Å². The van der Waals surface area contributed by atoms with Gasteiger partial charge in [0.25, 0.3) is 5.56 Å². The molecule has 0 bridgehead atoms. The molecule has 4 rings (SSSR count). The van der Waals surface area contributed by atoms with Crippen LogP contribution in [0.1, 0.15) is 17.0 Å². The van der Waals surface area contributed by atoms with Crippen LogP contribution in [0.5, 0.6) is 0 Å². The monoisotopic (exact) mass is 372 g/mol. The van der Waals surface area contributed by atoms with Crippen molar-refractivity contribution in [1.29, 1.82) is 0 Å². The number of aryl methyl sites for hydroxylation is 1. The lowest BCUT2D eigenvalue weighted by Crippen LogP contribution is -2.22. The molecule has 0 amide bonds. The summed E-state index contributed by atoms with van der Waals surface area (Å²) in [6.07, 6.45) is 3.71. The van der Waals surface area contributed by atoms with Gasteiger partial charge in [0.05, 0.1) is 16.6 Å². The summed E-state index contributed by atoms with van der Waals surface area (Å²) >= 11 is 6.25. The fourth-order valence-corrected chi connectivity index (χ4v) is 3.18. The minimum absolute atomic E-state index is 0.0942. The maximum absolute atomic E-state index is 13.2. The van der Waals surface area contributed by atoms with Crippen LogP contribution in [0.3, 0.4) is 0 Å². The van der Waals surface area contributed by atoms with Gasteiger partial charge in [0.1, 0.15) is 5.82 Å². The van der Waals surface area contributed by atoms with Crippen LogP contribution < -0.4 is 5.56 Å². The summed E-state index contributed by atoms with van der Waals surface area (Å²) in [5.41, 5.74) is 3.36. The molecule has 0 aliphatic heterocycles. The van der Waals surface area contributed by atoms with Crippen LogP contribution >= 0.6 is 11.6 Å². The maximum Gasteiger partial charge on any atom is 0.266 e. The molecule has 132 valence electrons. The number of para-hydroxylation sites is 1. The van der Waals surface area contributed by atoms with E-state index in [0.717, 1.165) is 16.8 Å². The van der Waals surface area contributed by atoms with Gasteiger partial charge in [-0.25, -0.2) is 4.98 Å². The molecule has 0 atom stereocenters. The van der Waals surface area contributed by atoms with Crippen molar-refractivity contribution in [2.24, 2.45) is 0 Å². The van der Waals surface area contributed by atoms with E-state index in [2.05, 4.69) is 0 Å². The molecule has 0 saturated heterocycles. The van der Waals surface area contributed by atoms with Gasteiger partial charge in [-0.15, -0.1) is 0 Å². The number of halogens is 1. The van der Waals surface area contributed by atoms with Crippen molar-refractivity contribution < 1.29 is 0 Å². The third-order valence-electron chi connectivity index (χ3n) is 4.41. The Balaban J connectivity index is 1.95. The van der Waals surface area contributed by atoms with Gasteiger partial charge >= 0.3 is 0 Å². The van der Waals surface area contributed by atoms with Crippen molar-refractivity contribution in [3.05, 3.63) is 105 Å². The maximum atomic E-state index is 13.2. The van der Waals surface area contributed by atoms with E-state index in [1.165, 1.54) is 0 Å². The zero-order valence-corrected chi connectivity index (χ0v) is 15.5. The van der Waals surface area contributed by atoms with Gasteiger partial charge in [0, 0.05) is 5.02 Å². The van der Waals surface area contributed by atoms with Gasteiger partial charge in [-0.2, -0.15) is 0 Å². The Morgan fingerprint density at radius 3 is 2.37 bits per heavy atom. The first-order valence-corrected chi connectivity index (χ1v) is 9.03. The first kappa shape index (κ1) is 17.3. The van der Waals surface area contributed by atoms with Gasteiger partial charge < -0.3 is 0 Å². The molecule has 3 nitrogen and oxygen atoms in total. The third kappa shape index (κ3) is 3.42. The van der Waals surface area contributed by atoms with Crippen molar-refractivity contribution in [3.63, 3.8) is 0 Å². The van der Waals surface area contributed by atoms with E-state index in [0.29, 0.717) is 21.7 Å². The lowest BCUT2D eigenvalue weighted by molar-refractivity contribution is 0.943. The molecule has 4 aromatic rings. The number of hydrogen-bond acceptors (Lipinski definition) is 2. The number of fused-ring (bicyclic) bond motifs is 1. The molecular formula is C23H17ClN2O. The first-order chi connectivity index (χ1) is 13.1. The molecule has 4 heteroatoms. The van der Waals surface area contributed by atoms with Crippen LogP contribution in [-0.4, -0.2) is 9.55 Å². The average Bonchev–Trinajstić information content (AvgIpc) is 2.69. The highest BCUT2D eigenvalue weighted by Gasteiger charge is 2.11. The highest BCUT2D eigenvalue weighted by Crippen LogP contribution is 2.19. The molecule has 27 heavy (non-hydrogen) atoms. The smallest absolute Gasteiger partial charge is 0.266 e. The SMILES string of the molecule is Cc1ccc(-n2c(/C=C\c3ccccc3Cl)nc3ccccc3c2=O)cc1. The summed E-state index contributed by atoms with van der Waals surface area (Å²) in [4.78, 5) is 17.9. The van der Waals surface area contributed by atoms with Crippen LogP contribution in [0.25, 0.3) is 28.7 Å². The van der Waals surface area contributed by atoms with E-state index in [9.17, 15) is 4.79 Å². The summed E-state index contributed by atoms with van der Waals surface area (Å²) in [5, 5.41) is 1.24. The fourth-order valence-electron chi connectivity index (χ4n) is 2.98. The lowest BCUT2D eigenvalue weighted by atomic mass is 10.2. The number of aromatic nitrogens is 2. The van der Waals surface area contributed by atoms with E-state index >= 15 is 0 Å². The van der Waals surface area contributed by atoms with Crippen molar-refractivity contribution in [2.45, 2.75) is 6.92 Å². The van der Waals surface area contributed by atoms with Crippen molar-refractivity contribution >= 4 is 34.7 Å². The van der Waals surface area contributed by atoms with Crippen LogP contribution in [0.4, 0.5) is 0 Å². The van der Waals surface area contributed by atoms with Gasteiger partial charge in [0.15, 0.2) is 0 Å². The molecule has 1 heterocycles. The zero-order chi connectivity index (χ0) is 18.8. The summed E-state index contributed by atoms with van der Waals surface area (Å²) in [5.74, 6) is 0.558. The quantitative estimate of drug-likeness (QED) is 0.474. The molecule has 0 spiro atoms. The normalized spacial score (nSPS) is 11.3. The minimum atomic E-state index is -0.0942. The van der Waals surface area contributed by atoms with E-state index in [1.807, 2.05) is 85.8 Å². The van der Waals surface area contributed by atoms with Crippen molar-refractivity contribution in [2.75, 3.05) is 0 Å². The number of benzene rings is 3. The van der Waals surface area contributed by atoms with Gasteiger partial charge in [-0.1, -0.05) is 59.6 Å². The van der Waals surface area contributed by atoms with Crippen LogP contribution in [-0.2, 0) is 0 Å². The molecule has 0 fully saturated rings. The predicted molar refractivity (Wildman–Crippen MR) is 112 cm³/mol. The molecular weight excluding hydrogens is 356 g/mol. The zero-order valence-electron chi connectivity index (χ0n) is 14.8. The minimum Gasteiger partial charge on any atom is -0.268 e. The van der Waals surface area contributed by atoms with Crippen molar-refractivity contribution in [1.82, 2.24) is 9.55 Å². The van der Waals surface area contributed by atoms with E-state index < -0.39 is 0 Å². The van der Waals surface area contributed by atoms with Crippen LogP contribution in [0.15, 0.2) is 77.6 Å². The Morgan fingerprint density at radius 1 is 0.889 bits per heavy atom. The summed E-state index contributed by atoms with van der Waals surface area (Å²) in [6, 6.07) is 22.8. The molecule has 1 aromatic heterocycles. The standard InChI is InChI=1S/C23H17ClN2O/c1-16-10-13-18(14-11-16)26-22(15-12-17-6-2-4-8-20(17)24)25-21-9-5-3-7-19(21)23(26)27/h2-15H,1H3/b15-12-. The lowest BCUT2D eigenvalue weighted by Gasteiger charge is -2.12. The molecule has 0 N–H and O–H groups in total. The Hall–Kier alpha value is -3.17. The number of rotatable bonds is 3. The highest BCUT2D eigenvalue weighted by atomic mass is 35.5. The molecule has 3 aromatic carbocycles.